The minimum absolute atomic E-state index is 0.0260. The quantitative estimate of drug-likeness (QED) is 0.493. The molecular formula is C7H12O2S2. The Morgan fingerprint density at radius 1 is 1.45 bits per heavy atom. The molecule has 11 heavy (non-hydrogen) atoms. The molecule has 0 radical (unpaired) electrons. The molecule has 64 valence electrons. The Hall–Kier alpha value is 0.170. The zero-order valence-electron chi connectivity index (χ0n) is 6.70. The highest BCUT2D eigenvalue weighted by Crippen LogP contribution is 2.35. The number of ether oxygens (including phenoxy) is 1. The SMILES string of the molecule is CC(C)OC(=O)C1CSSC1. The van der Waals surface area contributed by atoms with E-state index in [2.05, 4.69) is 0 Å². The van der Waals surface area contributed by atoms with Crippen molar-refractivity contribution in [3.8, 4) is 0 Å². The summed E-state index contributed by atoms with van der Waals surface area (Å²) in [5.74, 6) is 1.93. The van der Waals surface area contributed by atoms with Crippen LogP contribution in [0.2, 0.25) is 0 Å². The van der Waals surface area contributed by atoms with Crippen LogP contribution in [0, 0.1) is 5.92 Å². The summed E-state index contributed by atoms with van der Waals surface area (Å²) < 4.78 is 5.07. The summed E-state index contributed by atoms with van der Waals surface area (Å²) in [6.07, 6.45) is 0.0260. The van der Waals surface area contributed by atoms with Crippen molar-refractivity contribution in [2.75, 3.05) is 11.5 Å². The van der Waals surface area contributed by atoms with Gasteiger partial charge in [-0.2, -0.15) is 0 Å². The molecule has 2 nitrogen and oxygen atoms in total. The van der Waals surface area contributed by atoms with Crippen molar-refractivity contribution in [1.82, 2.24) is 0 Å². The number of hydrogen-bond acceptors (Lipinski definition) is 4. The van der Waals surface area contributed by atoms with E-state index >= 15 is 0 Å². The molecule has 1 aliphatic rings. The molecule has 0 aliphatic carbocycles. The van der Waals surface area contributed by atoms with Gasteiger partial charge >= 0.3 is 5.97 Å². The van der Waals surface area contributed by atoms with Crippen molar-refractivity contribution in [2.45, 2.75) is 20.0 Å². The topological polar surface area (TPSA) is 26.3 Å². The number of hydrogen-bond donors (Lipinski definition) is 0. The highest BCUT2D eigenvalue weighted by Gasteiger charge is 2.25. The summed E-state index contributed by atoms with van der Waals surface area (Å²) in [5, 5.41) is 0. The number of carbonyl (C=O) groups is 1. The summed E-state index contributed by atoms with van der Waals surface area (Å²) in [7, 11) is 3.51. The fraction of sp³-hybridized carbons (Fsp3) is 0.857. The molecule has 0 amide bonds. The highest BCUT2D eigenvalue weighted by molar-refractivity contribution is 8.77. The smallest absolute Gasteiger partial charge is 0.310 e. The van der Waals surface area contributed by atoms with Gasteiger partial charge in [-0.05, 0) is 13.8 Å². The first-order valence-electron chi connectivity index (χ1n) is 3.65. The maximum atomic E-state index is 11.2. The Labute approximate surface area is 74.8 Å². The van der Waals surface area contributed by atoms with E-state index in [1.54, 1.807) is 21.6 Å². The van der Waals surface area contributed by atoms with Gasteiger partial charge in [0.15, 0.2) is 0 Å². The average Bonchev–Trinajstić information content (AvgIpc) is 2.35. The van der Waals surface area contributed by atoms with Gasteiger partial charge in [-0.1, -0.05) is 21.6 Å². The second kappa shape index (κ2) is 4.26. The summed E-state index contributed by atoms with van der Waals surface area (Å²) in [4.78, 5) is 11.2. The third-order valence-corrected chi connectivity index (χ3v) is 3.87. The molecule has 0 aromatic rings. The lowest BCUT2D eigenvalue weighted by Crippen LogP contribution is -2.22. The van der Waals surface area contributed by atoms with E-state index in [9.17, 15) is 4.79 Å². The summed E-state index contributed by atoms with van der Waals surface area (Å²) in [6, 6.07) is 0. The van der Waals surface area contributed by atoms with Crippen LogP contribution < -0.4 is 0 Å². The fourth-order valence-corrected chi connectivity index (χ4v) is 3.51. The average molecular weight is 192 g/mol. The summed E-state index contributed by atoms with van der Waals surface area (Å²) in [5.41, 5.74) is 0. The van der Waals surface area contributed by atoms with Crippen molar-refractivity contribution >= 4 is 27.6 Å². The molecule has 1 saturated heterocycles. The van der Waals surface area contributed by atoms with Gasteiger partial charge in [0.1, 0.15) is 0 Å². The van der Waals surface area contributed by atoms with Crippen LogP contribution in [-0.2, 0) is 9.53 Å². The van der Waals surface area contributed by atoms with Crippen LogP contribution in [0.4, 0.5) is 0 Å². The van der Waals surface area contributed by atoms with Crippen LogP contribution >= 0.6 is 21.6 Å². The molecule has 1 heterocycles. The van der Waals surface area contributed by atoms with Gasteiger partial charge in [0.2, 0.25) is 0 Å². The Bertz CT molecular complexity index is 141. The van der Waals surface area contributed by atoms with Crippen LogP contribution in [0.25, 0.3) is 0 Å². The molecule has 0 aromatic heterocycles. The molecule has 0 N–H and O–H groups in total. The number of carbonyl (C=O) groups excluding carboxylic acids is 1. The standard InChI is InChI=1S/C7H12O2S2/c1-5(2)9-7(8)6-3-10-11-4-6/h5-6H,3-4H2,1-2H3. The first-order chi connectivity index (χ1) is 5.20. The molecule has 1 fully saturated rings. The van der Waals surface area contributed by atoms with Gasteiger partial charge in [-0.25, -0.2) is 0 Å². The van der Waals surface area contributed by atoms with E-state index in [-0.39, 0.29) is 18.0 Å². The maximum absolute atomic E-state index is 11.2. The minimum Gasteiger partial charge on any atom is -0.463 e. The van der Waals surface area contributed by atoms with Crippen molar-refractivity contribution < 1.29 is 9.53 Å². The predicted octanol–water partition coefficient (Wildman–Crippen LogP) is 1.95. The third kappa shape index (κ3) is 2.95. The van der Waals surface area contributed by atoms with Crippen molar-refractivity contribution in [3.05, 3.63) is 0 Å². The van der Waals surface area contributed by atoms with Gasteiger partial charge in [0.25, 0.3) is 0 Å². The largest absolute Gasteiger partial charge is 0.463 e. The highest BCUT2D eigenvalue weighted by atomic mass is 33.1. The Kier molecular flexibility index (Phi) is 3.59. The zero-order chi connectivity index (χ0) is 8.27. The second-order valence-electron chi connectivity index (χ2n) is 2.75. The lowest BCUT2D eigenvalue weighted by atomic mass is 10.2. The molecule has 0 bridgehead atoms. The third-order valence-electron chi connectivity index (χ3n) is 1.31. The van der Waals surface area contributed by atoms with E-state index < -0.39 is 0 Å². The maximum Gasteiger partial charge on any atom is 0.310 e. The lowest BCUT2D eigenvalue weighted by molar-refractivity contribution is -0.150. The van der Waals surface area contributed by atoms with E-state index in [4.69, 9.17) is 4.74 Å². The Morgan fingerprint density at radius 2 is 2.00 bits per heavy atom. The van der Waals surface area contributed by atoms with Crippen LogP contribution in [-0.4, -0.2) is 23.6 Å². The van der Waals surface area contributed by atoms with Gasteiger partial charge in [-0.3, -0.25) is 4.79 Å². The molecule has 1 aliphatic heterocycles. The van der Waals surface area contributed by atoms with Crippen molar-refractivity contribution in [2.24, 2.45) is 5.92 Å². The van der Waals surface area contributed by atoms with Crippen molar-refractivity contribution in [3.63, 3.8) is 0 Å². The molecule has 0 saturated carbocycles. The molecule has 0 aromatic carbocycles. The van der Waals surface area contributed by atoms with Gasteiger partial charge in [0.05, 0.1) is 12.0 Å². The Balaban J connectivity index is 2.28. The van der Waals surface area contributed by atoms with E-state index in [0.717, 1.165) is 11.5 Å². The molecule has 4 heteroatoms. The fourth-order valence-electron chi connectivity index (χ4n) is 0.773. The van der Waals surface area contributed by atoms with Crippen LogP contribution in [0.5, 0.6) is 0 Å². The normalized spacial score (nSPS) is 19.2. The van der Waals surface area contributed by atoms with Crippen LogP contribution in [0.3, 0.4) is 0 Å². The summed E-state index contributed by atoms with van der Waals surface area (Å²) in [6.45, 7) is 3.76. The van der Waals surface area contributed by atoms with Gasteiger partial charge in [0, 0.05) is 11.5 Å². The first kappa shape index (κ1) is 9.26. The van der Waals surface area contributed by atoms with Gasteiger partial charge < -0.3 is 4.74 Å². The summed E-state index contributed by atoms with van der Waals surface area (Å²) >= 11 is 0. The molecule has 1 rings (SSSR count). The first-order valence-corrected chi connectivity index (χ1v) is 6.14. The zero-order valence-corrected chi connectivity index (χ0v) is 8.33. The molecule has 0 unspecified atom stereocenters. The number of esters is 1. The van der Waals surface area contributed by atoms with E-state index in [0.29, 0.717) is 0 Å². The van der Waals surface area contributed by atoms with Crippen LogP contribution in [0.1, 0.15) is 13.8 Å². The number of rotatable bonds is 2. The van der Waals surface area contributed by atoms with Crippen LogP contribution in [0.15, 0.2) is 0 Å². The molecular weight excluding hydrogens is 180 g/mol. The minimum atomic E-state index is -0.0301. The molecule has 0 atom stereocenters. The predicted molar refractivity (Wildman–Crippen MR) is 49.6 cm³/mol. The Morgan fingerprint density at radius 3 is 2.45 bits per heavy atom. The lowest BCUT2D eigenvalue weighted by Gasteiger charge is -2.10. The van der Waals surface area contributed by atoms with Gasteiger partial charge in [-0.15, -0.1) is 0 Å². The monoisotopic (exact) mass is 192 g/mol. The van der Waals surface area contributed by atoms with E-state index in [1.165, 1.54) is 0 Å². The molecule has 0 spiro atoms. The van der Waals surface area contributed by atoms with Crippen molar-refractivity contribution in [1.29, 1.82) is 0 Å². The van der Waals surface area contributed by atoms with E-state index in [1.807, 2.05) is 13.8 Å². The second-order valence-corrected chi connectivity index (χ2v) is 5.30.